The highest BCUT2D eigenvalue weighted by Gasteiger charge is 2.17. The van der Waals surface area contributed by atoms with E-state index >= 15 is 0 Å². The molecule has 4 nitrogen and oxygen atoms in total. The van der Waals surface area contributed by atoms with E-state index in [-0.39, 0.29) is 0 Å². The van der Waals surface area contributed by atoms with E-state index in [2.05, 4.69) is 10.3 Å². The molecule has 0 radical (unpaired) electrons. The number of rotatable bonds is 2. The van der Waals surface area contributed by atoms with E-state index in [4.69, 9.17) is 10.2 Å². The second-order valence-corrected chi connectivity index (χ2v) is 5.07. The SMILES string of the molecule is Nc1cccc2oc(NC3CCSC3)nc12. The summed E-state index contributed by atoms with van der Waals surface area (Å²) in [6.07, 6.45) is 1.17. The number of anilines is 2. The summed E-state index contributed by atoms with van der Waals surface area (Å²) in [4.78, 5) is 4.36. The molecule has 1 unspecified atom stereocenters. The zero-order valence-corrected chi connectivity index (χ0v) is 9.59. The summed E-state index contributed by atoms with van der Waals surface area (Å²) >= 11 is 1.95. The summed E-state index contributed by atoms with van der Waals surface area (Å²) in [5.41, 5.74) is 7.98. The number of benzene rings is 1. The van der Waals surface area contributed by atoms with Crippen LogP contribution in [0.2, 0.25) is 0 Å². The molecule has 84 valence electrons. The van der Waals surface area contributed by atoms with Crippen LogP contribution in [0.1, 0.15) is 6.42 Å². The van der Waals surface area contributed by atoms with Gasteiger partial charge in [0.1, 0.15) is 5.52 Å². The highest BCUT2D eigenvalue weighted by Crippen LogP contribution is 2.26. The third-order valence-corrected chi connectivity index (χ3v) is 3.87. The Kier molecular flexibility index (Phi) is 2.40. The number of nitrogen functional groups attached to an aromatic ring is 1. The van der Waals surface area contributed by atoms with Gasteiger partial charge in [-0.05, 0) is 24.3 Å². The lowest BCUT2D eigenvalue weighted by molar-refractivity contribution is 0.601. The molecule has 1 fully saturated rings. The van der Waals surface area contributed by atoms with Crippen molar-refractivity contribution in [2.75, 3.05) is 22.6 Å². The van der Waals surface area contributed by atoms with E-state index in [1.165, 1.54) is 12.2 Å². The summed E-state index contributed by atoms with van der Waals surface area (Å²) in [6.45, 7) is 0. The molecule has 2 heterocycles. The topological polar surface area (TPSA) is 64.1 Å². The quantitative estimate of drug-likeness (QED) is 0.782. The minimum absolute atomic E-state index is 0.472. The Bertz CT molecular complexity index is 505. The Labute approximate surface area is 97.6 Å². The first-order valence-corrected chi connectivity index (χ1v) is 6.48. The Morgan fingerprint density at radius 1 is 1.50 bits per heavy atom. The van der Waals surface area contributed by atoms with Crippen LogP contribution in [0.25, 0.3) is 11.1 Å². The molecule has 1 saturated heterocycles. The fourth-order valence-electron chi connectivity index (χ4n) is 1.85. The van der Waals surface area contributed by atoms with Gasteiger partial charge in [-0.15, -0.1) is 0 Å². The van der Waals surface area contributed by atoms with Gasteiger partial charge in [0.15, 0.2) is 5.58 Å². The van der Waals surface area contributed by atoms with Crippen molar-refractivity contribution in [1.82, 2.24) is 4.98 Å². The maximum absolute atomic E-state index is 5.82. The van der Waals surface area contributed by atoms with E-state index in [0.29, 0.717) is 17.7 Å². The summed E-state index contributed by atoms with van der Waals surface area (Å²) in [5.74, 6) is 2.33. The number of oxazole rings is 1. The molecule has 0 amide bonds. The standard InChI is InChI=1S/C11H13N3OS/c12-8-2-1-3-9-10(8)14-11(15-9)13-7-4-5-16-6-7/h1-3,7H,4-6,12H2,(H,13,14). The fourth-order valence-corrected chi connectivity index (χ4v) is 3.01. The van der Waals surface area contributed by atoms with Crippen LogP contribution in [-0.2, 0) is 0 Å². The summed E-state index contributed by atoms with van der Waals surface area (Å²) in [6, 6.07) is 6.64. The van der Waals surface area contributed by atoms with Crippen molar-refractivity contribution in [3.63, 3.8) is 0 Å². The molecule has 2 aromatic rings. The van der Waals surface area contributed by atoms with Crippen LogP contribution in [0.4, 0.5) is 11.7 Å². The van der Waals surface area contributed by atoms with Crippen molar-refractivity contribution < 1.29 is 4.42 Å². The molecule has 1 atom stereocenters. The third kappa shape index (κ3) is 1.71. The number of hydrogen-bond donors (Lipinski definition) is 2. The number of hydrogen-bond acceptors (Lipinski definition) is 5. The van der Waals surface area contributed by atoms with Gasteiger partial charge in [0, 0.05) is 11.8 Å². The molecule has 0 aliphatic carbocycles. The molecule has 1 aliphatic heterocycles. The second kappa shape index (κ2) is 3.90. The monoisotopic (exact) mass is 235 g/mol. The predicted octanol–water partition coefficient (Wildman–Crippen LogP) is 2.33. The molecule has 1 aromatic heterocycles. The maximum Gasteiger partial charge on any atom is 0.296 e. The zero-order chi connectivity index (χ0) is 11.0. The number of aromatic nitrogens is 1. The third-order valence-electron chi connectivity index (χ3n) is 2.71. The van der Waals surface area contributed by atoms with Crippen LogP contribution in [-0.4, -0.2) is 22.5 Å². The molecule has 0 bridgehead atoms. The predicted molar refractivity (Wildman–Crippen MR) is 67.8 cm³/mol. The minimum Gasteiger partial charge on any atom is -0.423 e. The van der Waals surface area contributed by atoms with Gasteiger partial charge in [0.2, 0.25) is 0 Å². The van der Waals surface area contributed by atoms with E-state index in [1.54, 1.807) is 0 Å². The van der Waals surface area contributed by atoms with Crippen LogP contribution < -0.4 is 11.1 Å². The van der Waals surface area contributed by atoms with E-state index in [9.17, 15) is 0 Å². The van der Waals surface area contributed by atoms with E-state index in [0.717, 1.165) is 16.9 Å². The van der Waals surface area contributed by atoms with Crippen molar-refractivity contribution in [2.45, 2.75) is 12.5 Å². The highest BCUT2D eigenvalue weighted by molar-refractivity contribution is 7.99. The van der Waals surface area contributed by atoms with Crippen molar-refractivity contribution in [3.8, 4) is 0 Å². The lowest BCUT2D eigenvalue weighted by Gasteiger charge is -2.07. The van der Waals surface area contributed by atoms with Crippen LogP contribution in [0, 0.1) is 0 Å². The number of nitrogens with one attached hydrogen (secondary N) is 1. The Balaban J connectivity index is 1.90. The van der Waals surface area contributed by atoms with Crippen LogP contribution in [0.15, 0.2) is 22.6 Å². The normalized spacial score (nSPS) is 20.4. The number of thioether (sulfide) groups is 1. The minimum atomic E-state index is 0.472. The van der Waals surface area contributed by atoms with Gasteiger partial charge in [-0.1, -0.05) is 6.07 Å². The van der Waals surface area contributed by atoms with Gasteiger partial charge in [-0.25, -0.2) is 0 Å². The van der Waals surface area contributed by atoms with Gasteiger partial charge >= 0.3 is 0 Å². The average molecular weight is 235 g/mol. The van der Waals surface area contributed by atoms with Gasteiger partial charge in [-0.3, -0.25) is 0 Å². The Morgan fingerprint density at radius 3 is 3.19 bits per heavy atom. The van der Waals surface area contributed by atoms with Gasteiger partial charge in [-0.2, -0.15) is 16.7 Å². The van der Waals surface area contributed by atoms with Crippen LogP contribution >= 0.6 is 11.8 Å². The molecule has 1 aromatic carbocycles. The first kappa shape index (κ1) is 9.84. The van der Waals surface area contributed by atoms with E-state index in [1.807, 2.05) is 30.0 Å². The summed E-state index contributed by atoms with van der Waals surface area (Å²) in [5, 5.41) is 3.30. The smallest absolute Gasteiger partial charge is 0.296 e. The molecule has 16 heavy (non-hydrogen) atoms. The van der Waals surface area contributed by atoms with Crippen LogP contribution in [0.5, 0.6) is 0 Å². The zero-order valence-electron chi connectivity index (χ0n) is 8.77. The summed E-state index contributed by atoms with van der Waals surface area (Å²) < 4.78 is 5.60. The Morgan fingerprint density at radius 2 is 2.44 bits per heavy atom. The molecule has 0 saturated carbocycles. The van der Waals surface area contributed by atoms with Crippen molar-refractivity contribution in [1.29, 1.82) is 0 Å². The van der Waals surface area contributed by atoms with Gasteiger partial charge < -0.3 is 15.5 Å². The molecular formula is C11H13N3OS. The van der Waals surface area contributed by atoms with Crippen molar-refractivity contribution in [2.24, 2.45) is 0 Å². The molecular weight excluding hydrogens is 222 g/mol. The lowest BCUT2D eigenvalue weighted by Crippen LogP contribution is -2.18. The average Bonchev–Trinajstić information content (AvgIpc) is 2.88. The first-order valence-electron chi connectivity index (χ1n) is 5.32. The molecule has 3 rings (SSSR count). The number of para-hydroxylation sites is 1. The number of nitrogens with zero attached hydrogens (tertiary/aromatic N) is 1. The van der Waals surface area contributed by atoms with Gasteiger partial charge in [0.05, 0.1) is 5.69 Å². The largest absolute Gasteiger partial charge is 0.423 e. The number of nitrogens with two attached hydrogens (primary N) is 1. The first-order chi connectivity index (χ1) is 7.83. The van der Waals surface area contributed by atoms with Crippen LogP contribution in [0.3, 0.4) is 0 Å². The van der Waals surface area contributed by atoms with Crippen molar-refractivity contribution >= 4 is 34.6 Å². The lowest BCUT2D eigenvalue weighted by atomic mass is 10.3. The number of fused-ring (bicyclic) bond motifs is 1. The molecule has 0 spiro atoms. The summed E-state index contributed by atoms with van der Waals surface area (Å²) in [7, 11) is 0. The molecule has 5 heteroatoms. The van der Waals surface area contributed by atoms with E-state index < -0.39 is 0 Å². The van der Waals surface area contributed by atoms with Gasteiger partial charge in [0.25, 0.3) is 6.01 Å². The molecule has 1 aliphatic rings. The Hall–Kier alpha value is -1.36. The maximum atomic E-state index is 5.82. The highest BCUT2D eigenvalue weighted by atomic mass is 32.2. The van der Waals surface area contributed by atoms with Crippen molar-refractivity contribution in [3.05, 3.63) is 18.2 Å². The molecule has 3 N–H and O–H groups in total. The fraction of sp³-hybridized carbons (Fsp3) is 0.364. The second-order valence-electron chi connectivity index (χ2n) is 3.92.